The Bertz CT molecular complexity index is 724. The zero-order valence-electron chi connectivity index (χ0n) is 14.3. The van der Waals surface area contributed by atoms with Crippen molar-refractivity contribution in [3.05, 3.63) is 41.5 Å². The molecule has 0 aliphatic heterocycles. The second-order valence-corrected chi connectivity index (χ2v) is 5.35. The SMILES string of the molecule is COc1cc(N)c(NC(=O)COc2c(C)cccc2C)cc1OC. The fraction of sp³-hybridized carbons (Fsp3) is 0.278. The molecule has 6 nitrogen and oxygen atoms in total. The summed E-state index contributed by atoms with van der Waals surface area (Å²) in [5.74, 6) is 1.39. The molecule has 1 amide bonds. The Hall–Kier alpha value is -2.89. The maximum absolute atomic E-state index is 12.2. The van der Waals surface area contributed by atoms with Crippen molar-refractivity contribution in [1.29, 1.82) is 0 Å². The number of benzene rings is 2. The molecule has 2 rings (SSSR count). The van der Waals surface area contributed by atoms with Crippen molar-refractivity contribution in [2.75, 3.05) is 31.9 Å². The number of hydrogen-bond acceptors (Lipinski definition) is 5. The van der Waals surface area contributed by atoms with Crippen molar-refractivity contribution in [3.63, 3.8) is 0 Å². The van der Waals surface area contributed by atoms with Crippen LogP contribution in [0.5, 0.6) is 17.2 Å². The van der Waals surface area contributed by atoms with Crippen molar-refractivity contribution < 1.29 is 19.0 Å². The molecule has 2 aromatic carbocycles. The van der Waals surface area contributed by atoms with Gasteiger partial charge in [-0.15, -0.1) is 0 Å². The number of anilines is 2. The number of aryl methyl sites for hydroxylation is 2. The molecule has 0 aliphatic rings. The van der Waals surface area contributed by atoms with Crippen LogP contribution in [0, 0.1) is 13.8 Å². The van der Waals surface area contributed by atoms with E-state index in [0.29, 0.717) is 28.6 Å². The predicted octanol–water partition coefficient (Wildman–Crippen LogP) is 2.92. The summed E-state index contributed by atoms with van der Waals surface area (Å²) < 4.78 is 16.0. The zero-order valence-corrected chi connectivity index (χ0v) is 14.3. The molecule has 0 bridgehead atoms. The van der Waals surface area contributed by atoms with Crippen LogP contribution >= 0.6 is 0 Å². The van der Waals surface area contributed by atoms with Crippen LogP contribution < -0.4 is 25.3 Å². The second kappa shape index (κ2) is 7.59. The predicted molar refractivity (Wildman–Crippen MR) is 94.0 cm³/mol. The number of rotatable bonds is 6. The maximum Gasteiger partial charge on any atom is 0.262 e. The number of carbonyl (C=O) groups excluding carboxylic acids is 1. The van der Waals surface area contributed by atoms with Crippen molar-refractivity contribution in [3.8, 4) is 17.2 Å². The zero-order chi connectivity index (χ0) is 17.7. The van der Waals surface area contributed by atoms with E-state index >= 15 is 0 Å². The minimum atomic E-state index is -0.309. The Balaban J connectivity index is 2.07. The Morgan fingerprint density at radius 3 is 2.25 bits per heavy atom. The molecule has 0 radical (unpaired) electrons. The minimum absolute atomic E-state index is 0.112. The van der Waals surface area contributed by atoms with Gasteiger partial charge in [0.25, 0.3) is 5.91 Å². The van der Waals surface area contributed by atoms with Crippen molar-refractivity contribution >= 4 is 17.3 Å². The lowest BCUT2D eigenvalue weighted by Crippen LogP contribution is -2.21. The van der Waals surface area contributed by atoms with Crippen LogP contribution in [0.3, 0.4) is 0 Å². The molecule has 0 aliphatic carbocycles. The molecule has 0 fully saturated rings. The number of nitrogens with one attached hydrogen (secondary N) is 1. The van der Waals surface area contributed by atoms with Gasteiger partial charge >= 0.3 is 0 Å². The van der Waals surface area contributed by atoms with Crippen LogP contribution in [-0.4, -0.2) is 26.7 Å². The van der Waals surface area contributed by atoms with E-state index in [4.69, 9.17) is 19.9 Å². The van der Waals surface area contributed by atoms with E-state index in [0.717, 1.165) is 11.1 Å². The third kappa shape index (κ3) is 3.90. The van der Waals surface area contributed by atoms with E-state index in [1.807, 2.05) is 32.0 Å². The second-order valence-electron chi connectivity index (χ2n) is 5.35. The minimum Gasteiger partial charge on any atom is -0.493 e. The third-order valence-corrected chi connectivity index (χ3v) is 3.59. The first kappa shape index (κ1) is 17.5. The van der Waals surface area contributed by atoms with Crippen LogP contribution in [0.15, 0.2) is 30.3 Å². The van der Waals surface area contributed by atoms with E-state index in [1.165, 1.54) is 14.2 Å². The van der Waals surface area contributed by atoms with Crippen molar-refractivity contribution in [2.45, 2.75) is 13.8 Å². The number of nitrogens with two attached hydrogens (primary N) is 1. The summed E-state index contributed by atoms with van der Waals surface area (Å²) in [7, 11) is 3.04. The fourth-order valence-corrected chi connectivity index (χ4v) is 2.35. The summed E-state index contributed by atoms with van der Waals surface area (Å²) in [5, 5.41) is 2.72. The third-order valence-electron chi connectivity index (χ3n) is 3.59. The Morgan fingerprint density at radius 2 is 1.67 bits per heavy atom. The van der Waals surface area contributed by atoms with Gasteiger partial charge in [-0.05, 0) is 25.0 Å². The lowest BCUT2D eigenvalue weighted by molar-refractivity contribution is -0.118. The lowest BCUT2D eigenvalue weighted by Gasteiger charge is -2.14. The van der Waals surface area contributed by atoms with Gasteiger partial charge in [-0.25, -0.2) is 0 Å². The van der Waals surface area contributed by atoms with E-state index in [-0.39, 0.29) is 12.5 Å². The average molecular weight is 330 g/mol. The monoisotopic (exact) mass is 330 g/mol. The number of para-hydroxylation sites is 1. The Morgan fingerprint density at radius 1 is 1.08 bits per heavy atom. The molecular weight excluding hydrogens is 308 g/mol. The van der Waals surface area contributed by atoms with Gasteiger partial charge in [0.05, 0.1) is 25.6 Å². The first-order chi connectivity index (χ1) is 11.5. The molecule has 0 atom stereocenters. The van der Waals surface area contributed by atoms with Crippen LogP contribution in [0.1, 0.15) is 11.1 Å². The average Bonchev–Trinajstić information content (AvgIpc) is 2.55. The van der Waals surface area contributed by atoms with Gasteiger partial charge in [0.15, 0.2) is 18.1 Å². The Labute approximate surface area is 141 Å². The lowest BCUT2D eigenvalue weighted by atomic mass is 10.1. The van der Waals surface area contributed by atoms with Gasteiger partial charge < -0.3 is 25.3 Å². The molecule has 0 saturated carbocycles. The summed E-state index contributed by atoms with van der Waals surface area (Å²) in [6.45, 7) is 3.76. The van der Waals surface area contributed by atoms with E-state index in [2.05, 4.69) is 5.32 Å². The molecular formula is C18H22N2O4. The normalized spacial score (nSPS) is 10.2. The summed E-state index contributed by atoms with van der Waals surface area (Å²) in [4.78, 5) is 12.2. The molecule has 2 aromatic rings. The van der Waals surface area contributed by atoms with Gasteiger partial charge in [-0.1, -0.05) is 18.2 Å². The van der Waals surface area contributed by atoms with Gasteiger partial charge in [-0.2, -0.15) is 0 Å². The highest BCUT2D eigenvalue weighted by atomic mass is 16.5. The molecule has 0 spiro atoms. The molecule has 6 heteroatoms. The molecule has 0 unspecified atom stereocenters. The highest BCUT2D eigenvalue weighted by Gasteiger charge is 2.13. The van der Waals surface area contributed by atoms with Crippen LogP contribution in [0.2, 0.25) is 0 Å². The maximum atomic E-state index is 12.2. The molecule has 128 valence electrons. The number of carbonyl (C=O) groups is 1. The number of methoxy groups -OCH3 is 2. The number of ether oxygens (including phenoxy) is 3. The van der Waals surface area contributed by atoms with Gasteiger partial charge in [-0.3, -0.25) is 4.79 Å². The van der Waals surface area contributed by atoms with Gasteiger partial charge in [0.1, 0.15) is 5.75 Å². The molecule has 0 saturated heterocycles. The van der Waals surface area contributed by atoms with E-state index < -0.39 is 0 Å². The molecule has 0 aromatic heterocycles. The molecule has 24 heavy (non-hydrogen) atoms. The topological polar surface area (TPSA) is 82.8 Å². The summed E-state index contributed by atoms with van der Waals surface area (Å²) in [5.41, 5.74) is 8.72. The van der Waals surface area contributed by atoms with Gasteiger partial charge in [0.2, 0.25) is 0 Å². The quantitative estimate of drug-likeness (QED) is 0.796. The first-order valence-electron chi connectivity index (χ1n) is 7.46. The van der Waals surface area contributed by atoms with Crippen LogP contribution in [-0.2, 0) is 4.79 Å². The largest absolute Gasteiger partial charge is 0.493 e. The first-order valence-corrected chi connectivity index (χ1v) is 7.46. The van der Waals surface area contributed by atoms with Crippen LogP contribution in [0.4, 0.5) is 11.4 Å². The van der Waals surface area contributed by atoms with E-state index in [1.54, 1.807) is 12.1 Å². The highest BCUT2D eigenvalue weighted by Crippen LogP contribution is 2.34. The molecule has 0 heterocycles. The van der Waals surface area contributed by atoms with Crippen molar-refractivity contribution in [2.24, 2.45) is 0 Å². The smallest absolute Gasteiger partial charge is 0.262 e. The number of amides is 1. The number of nitrogen functional groups attached to an aromatic ring is 1. The Kier molecular flexibility index (Phi) is 5.52. The summed E-state index contributed by atoms with van der Waals surface area (Å²) >= 11 is 0. The van der Waals surface area contributed by atoms with Crippen LogP contribution in [0.25, 0.3) is 0 Å². The standard InChI is InChI=1S/C18H22N2O4/c1-11-6-5-7-12(2)18(11)24-10-17(21)20-14-9-16(23-4)15(22-3)8-13(14)19/h5-9H,10,19H2,1-4H3,(H,20,21). The fourth-order valence-electron chi connectivity index (χ4n) is 2.35. The summed E-state index contributed by atoms with van der Waals surface area (Å²) in [6, 6.07) is 9.03. The highest BCUT2D eigenvalue weighted by molar-refractivity contribution is 5.95. The summed E-state index contributed by atoms with van der Waals surface area (Å²) in [6.07, 6.45) is 0. The van der Waals surface area contributed by atoms with Crippen molar-refractivity contribution in [1.82, 2.24) is 0 Å². The molecule has 3 N–H and O–H groups in total. The number of hydrogen-bond donors (Lipinski definition) is 2. The van der Waals surface area contributed by atoms with Gasteiger partial charge in [0, 0.05) is 12.1 Å². The van der Waals surface area contributed by atoms with E-state index in [9.17, 15) is 4.79 Å².